The summed E-state index contributed by atoms with van der Waals surface area (Å²) < 4.78 is 1.56. The molecular formula is C20H18ClN7OS. The fourth-order valence-corrected chi connectivity index (χ4v) is 3.70. The summed E-state index contributed by atoms with van der Waals surface area (Å²) in [6, 6.07) is 13.0. The highest BCUT2D eigenvalue weighted by Crippen LogP contribution is 2.26. The average Bonchev–Trinajstić information content (AvgIpc) is 3.27. The lowest BCUT2D eigenvalue weighted by atomic mass is 10.2. The highest BCUT2D eigenvalue weighted by molar-refractivity contribution is 7.99. The second kappa shape index (κ2) is 9.10. The van der Waals surface area contributed by atoms with Crippen molar-refractivity contribution in [3.8, 4) is 5.69 Å². The molecule has 30 heavy (non-hydrogen) atoms. The minimum atomic E-state index is -0.203. The maximum absolute atomic E-state index is 12.6. The predicted octanol–water partition coefficient (Wildman–Crippen LogP) is 4.03. The molecule has 0 saturated heterocycles. The summed E-state index contributed by atoms with van der Waals surface area (Å²) in [4.78, 5) is 25.7. The van der Waals surface area contributed by atoms with E-state index in [1.165, 1.54) is 18.1 Å². The smallest absolute Gasteiger partial charge is 0.234 e. The number of nitrogens with zero attached hydrogens (tertiary/aromatic N) is 5. The molecule has 0 fully saturated rings. The number of amides is 1. The number of hydrogen-bond acceptors (Lipinski definition) is 7. The van der Waals surface area contributed by atoms with Crippen LogP contribution in [0.1, 0.15) is 6.92 Å². The number of rotatable bonds is 7. The highest BCUT2D eigenvalue weighted by atomic mass is 35.5. The molecule has 2 aromatic heterocycles. The van der Waals surface area contributed by atoms with Crippen LogP contribution in [0.3, 0.4) is 0 Å². The van der Waals surface area contributed by atoms with Gasteiger partial charge in [-0.25, -0.2) is 19.6 Å². The zero-order valence-electron chi connectivity index (χ0n) is 16.0. The minimum Gasteiger partial charge on any atom is -0.370 e. The third-order valence-corrected chi connectivity index (χ3v) is 5.24. The van der Waals surface area contributed by atoms with Crippen LogP contribution in [0.2, 0.25) is 5.02 Å². The van der Waals surface area contributed by atoms with Gasteiger partial charge in [-0.3, -0.25) is 4.79 Å². The number of benzene rings is 2. The van der Waals surface area contributed by atoms with E-state index < -0.39 is 0 Å². The van der Waals surface area contributed by atoms with Gasteiger partial charge in [0.2, 0.25) is 5.91 Å². The Bertz CT molecular complexity index is 1180. The minimum absolute atomic E-state index is 0.146. The van der Waals surface area contributed by atoms with Gasteiger partial charge in [-0.05, 0) is 37.3 Å². The maximum Gasteiger partial charge on any atom is 0.234 e. The Balaban J connectivity index is 1.50. The summed E-state index contributed by atoms with van der Waals surface area (Å²) in [5, 5.41) is 12.2. The van der Waals surface area contributed by atoms with Gasteiger partial charge in [-0.2, -0.15) is 5.10 Å². The van der Waals surface area contributed by atoms with Gasteiger partial charge >= 0.3 is 0 Å². The average molecular weight is 440 g/mol. The van der Waals surface area contributed by atoms with Crippen LogP contribution in [-0.4, -0.2) is 42.9 Å². The molecule has 0 aliphatic carbocycles. The van der Waals surface area contributed by atoms with Gasteiger partial charge in [0.1, 0.15) is 18.5 Å². The number of para-hydroxylation sites is 1. The number of halogens is 1. The van der Waals surface area contributed by atoms with Crippen molar-refractivity contribution in [3.05, 3.63) is 60.1 Å². The third-order valence-electron chi connectivity index (χ3n) is 4.16. The van der Waals surface area contributed by atoms with Crippen molar-refractivity contribution in [1.82, 2.24) is 24.7 Å². The summed E-state index contributed by atoms with van der Waals surface area (Å²) in [5.41, 5.74) is 2.05. The van der Waals surface area contributed by atoms with E-state index in [1.54, 1.807) is 29.2 Å². The zero-order chi connectivity index (χ0) is 20.9. The lowest BCUT2D eigenvalue weighted by molar-refractivity contribution is -0.113. The second-order valence-corrected chi connectivity index (χ2v) is 7.62. The van der Waals surface area contributed by atoms with Crippen LogP contribution < -0.4 is 10.6 Å². The fraction of sp³-hybridized carbons (Fsp3) is 0.150. The Morgan fingerprint density at radius 3 is 2.87 bits per heavy atom. The maximum atomic E-state index is 12.6. The number of anilines is 2. The van der Waals surface area contributed by atoms with Crippen LogP contribution >= 0.6 is 23.4 Å². The molecule has 0 unspecified atom stereocenters. The first-order valence-corrected chi connectivity index (χ1v) is 10.6. The van der Waals surface area contributed by atoms with Gasteiger partial charge in [-0.15, -0.1) is 0 Å². The molecular weight excluding hydrogens is 422 g/mol. The SMILES string of the molecule is CCNc1nc(SCC(=O)Nc2cc(Cl)ccc2-n2cncn2)nc2ccccc12. The van der Waals surface area contributed by atoms with E-state index in [0.29, 0.717) is 21.6 Å². The van der Waals surface area contributed by atoms with E-state index in [1.807, 2.05) is 31.2 Å². The van der Waals surface area contributed by atoms with Crippen LogP contribution in [0.4, 0.5) is 11.5 Å². The number of hydrogen-bond donors (Lipinski definition) is 2. The van der Waals surface area contributed by atoms with Crippen molar-refractivity contribution in [3.63, 3.8) is 0 Å². The van der Waals surface area contributed by atoms with Crippen LogP contribution in [0.15, 0.2) is 60.3 Å². The first-order chi connectivity index (χ1) is 14.6. The number of carbonyl (C=O) groups is 1. The summed E-state index contributed by atoms with van der Waals surface area (Å²) in [7, 11) is 0. The van der Waals surface area contributed by atoms with E-state index in [0.717, 1.165) is 23.3 Å². The molecule has 2 heterocycles. The molecule has 0 spiro atoms. The van der Waals surface area contributed by atoms with Crippen molar-refractivity contribution in [2.24, 2.45) is 0 Å². The quantitative estimate of drug-likeness (QED) is 0.331. The zero-order valence-corrected chi connectivity index (χ0v) is 17.6. The van der Waals surface area contributed by atoms with E-state index in [2.05, 4.69) is 30.7 Å². The first-order valence-electron chi connectivity index (χ1n) is 9.22. The molecule has 2 N–H and O–H groups in total. The Morgan fingerprint density at radius 2 is 2.07 bits per heavy atom. The van der Waals surface area contributed by atoms with Crippen molar-refractivity contribution in [2.45, 2.75) is 12.1 Å². The first kappa shape index (κ1) is 20.1. The molecule has 0 aliphatic rings. The van der Waals surface area contributed by atoms with Crippen molar-refractivity contribution < 1.29 is 4.79 Å². The van der Waals surface area contributed by atoms with Crippen LogP contribution in [0.5, 0.6) is 0 Å². The lowest BCUT2D eigenvalue weighted by Gasteiger charge is -2.12. The Morgan fingerprint density at radius 1 is 1.20 bits per heavy atom. The van der Waals surface area contributed by atoms with Crippen LogP contribution in [0, 0.1) is 0 Å². The van der Waals surface area contributed by atoms with Gasteiger partial charge in [-0.1, -0.05) is 35.5 Å². The highest BCUT2D eigenvalue weighted by Gasteiger charge is 2.13. The lowest BCUT2D eigenvalue weighted by Crippen LogP contribution is -2.16. The molecule has 0 saturated carbocycles. The summed E-state index contributed by atoms with van der Waals surface area (Å²) in [5.74, 6) is 0.701. The topological polar surface area (TPSA) is 97.6 Å². The number of carbonyl (C=O) groups excluding carboxylic acids is 1. The summed E-state index contributed by atoms with van der Waals surface area (Å²) in [6.07, 6.45) is 2.98. The Hall–Kier alpha value is -3.17. The fourth-order valence-electron chi connectivity index (χ4n) is 2.88. The van der Waals surface area contributed by atoms with Gasteiger partial charge in [0.15, 0.2) is 5.16 Å². The normalized spacial score (nSPS) is 10.9. The van der Waals surface area contributed by atoms with Crippen molar-refractivity contribution in [2.75, 3.05) is 22.9 Å². The Labute approximate surface area is 182 Å². The van der Waals surface area contributed by atoms with Gasteiger partial charge in [0.25, 0.3) is 0 Å². The molecule has 8 nitrogen and oxygen atoms in total. The number of thioether (sulfide) groups is 1. The van der Waals surface area contributed by atoms with Crippen LogP contribution in [-0.2, 0) is 4.79 Å². The molecule has 10 heteroatoms. The molecule has 2 aromatic carbocycles. The molecule has 0 bridgehead atoms. The van der Waals surface area contributed by atoms with E-state index in [-0.39, 0.29) is 11.7 Å². The molecule has 0 atom stereocenters. The van der Waals surface area contributed by atoms with Crippen molar-refractivity contribution >= 4 is 51.7 Å². The second-order valence-electron chi connectivity index (χ2n) is 6.24. The van der Waals surface area contributed by atoms with Gasteiger partial charge < -0.3 is 10.6 Å². The number of nitrogens with one attached hydrogen (secondary N) is 2. The van der Waals surface area contributed by atoms with E-state index in [4.69, 9.17) is 11.6 Å². The number of aromatic nitrogens is 5. The van der Waals surface area contributed by atoms with E-state index in [9.17, 15) is 4.79 Å². The van der Waals surface area contributed by atoms with Gasteiger partial charge in [0.05, 0.1) is 22.6 Å². The Kier molecular flexibility index (Phi) is 6.10. The summed E-state index contributed by atoms with van der Waals surface area (Å²) >= 11 is 7.38. The summed E-state index contributed by atoms with van der Waals surface area (Å²) in [6.45, 7) is 2.75. The predicted molar refractivity (Wildman–Crippen MR) is 119 cm³/mol. The van der Waals surface area contributed by atoms with Crippen molar-refractivity contribution in [1.29, 1.82) is 0 Å². The molecule has 0 aliphatic heterocycles. The molecule has 0 radical (unpaired) electrons. The largest absolute Gasteiger partial charge is 0.370 e. The molecule has 4 aromatic rings. The molecule has 1 amide bonds. The van der Waals surface area contributed by atoms with E-state index >= 15 is 0 Å². The molecule has 4 rings (SSSR count). The monoisotopic (exact) mass is 439 g/mol. The third kappa shape index (κ3) is 4.52. The van der Waals surface area contributed by atoms with Crippen LogP contribution in [0.25, 0.3) is 16.6 Å². The number of fused-ring (bicyclic) bond motifs is 1. The van der Waals surface area contributed by atoms with Gasteiger partial charge in [0, 0.05) is 17.0 Å². The molecule has 152 valence electrons. The standard InChI is InChI=1S/C20H18ClN7OS/c1-2-23-19-14-5-3-4-6-15(14)26-20(27-19)30-10-18(29)25-16-9-13(21)7-8-17(16)28-12-22-11-24-28/h3-9,11-12H,2,10H2,1H3,(H,25,29)(H,23,26,27).